The number of rotatable bonds is 6. The quantitative estimate of drug-likeness (QED) is 0.735. The van der Waals surface area contributed by atoms with Gasteiger partial charge in [0.05, 0.1) is 11.9 Å². The molecule has 1 aliphatic rings. The van der Waals surface area contributed by atoms with Gasteiger partial charge in [-0.05, 0) is 36.2 Å². The lowest BCUT2D eigenvalue weighted by Crippen LogP contribution is -2.35. The van der Waals surface area contributed by atoms with Gasteiger partial charge in [0.25, 0.3) is 5.91 Å². The summed E-state index contributed by atoms with van der Waals surface area (Å²) in [5.74, 6) is -1.94. The molecule has 1 saturated heterocycles. The van der Waals surface area contributed by atoms with Crippen molar-refractivity contribution < 1.29 is 31.8 Å². The first-order chi connectivity index (χ1) is 13.3. The Morgan fingerprint density at radius 2 is 1.89 bits per heavy atom. The number of sulfone groups is 1. The van der Waals surface area contributed by atoms with E-state index in [4.69, 9.17) is 9.84 Å². The summed E-state index contributed by atoms with van der Waals surface area (Å²) in [5.41, 5.74) is 0.708. The van der Waals surface area contributed by atoms with Crippen molar-refractivity contribution in [3.05, 3.63) is 59.7 Å². The van der Waals surface area contributed by atoms with Gasteiger partial charge in [-0.1, -0.05) is 12.1 Å². The van der Waals surface area contributed by atoms with E-state index in [0.29, 0.717) is 17.4 Å². The molecule has 1 heterocycles. The van der Waals surface area contributed by atoms with Crippen molar-refractivity contribution in [3.63, 3.8) is 0 Å². The number of aliphatic hydroxyl groups excluding tert-OH is 1. The molecule has 0 bridgehead atoms. The van der Waals surface area contributed by atoms with Gasteiger partial charge in [0.15, 0.2) is 16.4 Å². The SMILES string of the molecule is O=C(COc1ccc(CO)cc1)N1CCC(S(=O)(=O)c2ccc(F)cc2F)C1. The Balaban J connectivity index is 1.61. The van der Waals surface area contributed by atoms with Crippen molar-refractivity contribution in [2.45, 2.75) is 23.2 Å². The number of hydrogen-bond acceptors (Lipinski definition) is 5. The number of amides is 1. The molecule has 0 aliphatic carbocycles. The van der Waals surface area contributed by atoms with Gasteiger partial charge in [0.2, 0.25) is 0 Å². The minimum Gasteiger partial charge on any atom is -0.484 e. The predicted molar refractivity (Wildman–Crippen MR) is 96.4 cm³/mol. The highest BCUT2D eigenvalue weighted by Gasteiger charge is 2.37. The normalized spacial score (nSPS) is 17.0. The van der Waals surface area contributed by atoms with E-state index in [0.717, 1.165) is 12.1 Å². The summed E-state index contributed by atoms with van der Waals surface area (Å²) in [6, 6.07) is 8.89. The average molecular weight is 411 g/mol. The van der Waals surface area contributed by atoms with Crippen LogP contribution in [0.25, 0.3) is 0 Å². The van der Waals surface area contributed by atoms with Crippen LogP contribution in [0, 0.1) is 11.6 Å². The summed E-state index contributed by atoms with van der Waals surface area (Å²) in [7, 11) is -4.03. The molecule has 0 radical (unpaired) electrons. The molecule has 0 saturated carbocycles. The van der Waals surface area contributed by atoms with Crippen LogP contribution in [0.5, 0.6) is 5.75 Å². The molecule has 1 atom stereocenters. The van der Waals surface area contributed by atoms with Crippen LogP contribution in [0.3, 0.4) is 0 Å². The Labute approximate surface area is 161 Å². The molecular weight excluding hydrogens is 392 g/mol. The third kappa shape index (κ3) is 4.31. The molecular formula is C19H19F2NO5S. The van der Waals surface area contributed by atoms with Crippen molar-refractivity contribution in [1.29, 1.82) is 0 Å². The van der Waals surface area contributed by atoms with Crippen LogP contribution in [-0.4, -0.2) is 49.3 Å². The third-order valence-electron chi connectivity index (χ3n) is 4.61. The Morgan fingerprint density at radius 1 is 1.18 bits per heavy atom. The van der Waals surface area contributed by atoms with E-state index in [1.165, 1.54) is 4.90 Å². The molecule has 1 fully saturated rings. The van der Waals surface area contributed by atoms with Crippen LogP contribution in [-0.2, 0) is 21.2 Å². The van der Waals surface area contributed by atoms with Gasteiger partial charge in [-0.2, -0.15) is 0 Å². The Hall–Kier alpha value is -2.52. The zero-order chi connectivity index (χ0) is 20.3. The molecule has 1 amide bonds. The van der Waals surface area contributed by atoms with Crippen LogP contribution in [0.2, 0.25) is 0 Å². The molecule has 150 valence electrons. The highest BCUT2D eigenvalue weighted by atomic mass is 32.2. The number of likely N-dealkylation sites (tertiary alicyclic amines) is 1. The lowest BCUT2D eigenvalue weighted by Gasteiger charge is -2.17. The second-order valence-electron chi connectivity index (χ2n) is 6.46. The van der Waals surface area contributed by atoms with Gasteiger partial charge >= 0.3 is 0 Å². The molecule has 1 aliphatic heterocycles. The Kier molecular flexibility index (Phi) is 5.95. The van der Waals surface area contributed by atoms with Gasteiger partial charge in [0, 0.05) is 19.2 Å². The van der Waals surface area contributed by atoms with Crippen LogP contribution in [0.15, 0.2) is 47.4 Å². The third-order valence-corrected chi connectivity index (χ3v) is 6.81. The van der Waals surface area contributed by atoms with E-state index < -0.39 is 31.6 Å². The number of aliphatic hydroxyl groups is 1. The first kappa shape index (κ1) is 20.2. The van der Waals surface area contributed by atoms with Gasteiger partial charge in [-0.3, -0.25) is 4.79 Å². The molecule has 0 aromatic heterocycles. The summed E-state index contributed by atoms with van der Waals surface area (Å²) in [6.45, 7) is -0.239. The fourth-order valence-corrected chi connectivity index (χ4v) is 4.76. The molecule has 1 unspecified atom stereocenters. The second kappa shape index (κ2) is 8.24. The largest absolute Gasteiger partial charge is 0.484 e. The van der Waals surface area contributed by atoms with E-state index in [-0.39, 0.29) is 38.6 Å². The minimum atomic E-state index is -4.03. The summed E-state index contributed by atoms with van der Waals surface area (Å²) >= 11 is 0. The van der Waals surface area contributed by atoms with Gasteiger partial charge in [-0.15, -0.1) is 0 Å². The fraction of sp³-hybridized carbons (Fsp3) is 0.316. The number of carbonyl (C=O) groups excluding carboxylic acids is 1. The molecule has 2 aromatic carbocycles. The maximum atomic E-state index is 13.9. The van der Waals surface area contributed by atoms with E-state index in [1.54, 1.807) is 24.3 Å². The molecule has 0 spiro atoms. The zero-order valence-electron chi connectivity index (χ0n) is 14.8. The van der Waals surface area contributed by atoms with Crippen LogP contribution < -0.4 is 4.74 Å². The summed E-state index contributed by atoms with van der Waals surface area (Å²) in [5, 5.41) is 8.04. The Bertz CT molecular complexity index is 963. The molecule has 6 nitrogen and oxygen atoms in total. The van der Waals surface area contributed by atoms with E-state index in [2.05, 4.69) is 0 Å². The van der Waals surface area contributed by atoms with Crippen molar-refractivity contribution in [2.24, 2.45) is 0 Å². The molecule has 9 heteroatoms. The smallest absolute Gasteiger partial charge is 0.260 e. The number of benzene rings is 2. The highest BCUT2D eigenvalue weighted by Crippen LogP contribution is 2.26. The number of ether oxygens (including phenoxy) is 1. The van der Waals surface area contributed by atoms with Crippen molar-refractivity contribution >= 4 is 15.7 Å². The van der Waals surface area contributed by atoms with Gasteiger partial charge in [-0.25, -0.2) is 17.2 Å². The van der Waals surface area contributed by atoms with E-state index >= 15 is 0 Å². The number of carbonyl (C=O) groups is 1. The lowest BCUT2D eigenvalue weighted by molar-refractivity contribution is -0.132. The number of hydrogen-bond donors (Lipinski definition) is 1. The van der Waals surface area contributed by atoms with E-state index in [9.17, 15) is 22.0 Å². The second-order valence-corrected chi connectivity index (χ2v) is 8.66. The molecule has 1 N–H and O–H groups in total. The van der Waals surface area contributed by atoms with Crippen molar-refractivity contribution in [1.82, 2.24) is 4.90 Å². The highest BCUT2D eigenvalue weighted by molar-refractivity contribution is 7.92. The Morgan fingerprint density at radius 3 is 2.54 bits per heavy atom. The van der Waals surface area contributed by atoms with Crippen molar-refractivity contribution in [2.75, 3.05) is 19.7 Å². The number of halogens is 2. The lowest BCUT2D eigenvalue weighted by atomic mass is 10.2. The first-order valence-corrected chi connectivity index (χ1v) is 10.1. The fourth-order valence-electron chi connectivity index (χ4n) is 3.02. The first-order valence-electron chi connectivity index (χ1n) is 8.60. The van der Waals surface area contributed by atoms with Gasteiger partial charge in [0.1, 0.15) is 22.3 Å². The maximum absolute atomic E-state index is 13.9. The molecule has 3 rings (SSSR count). The standard InChI is InChI=1S/C19H19F2NO5S/c20-14-3-6-18(17(21)9-14)28(25,26)16-7-8-22(10-16)19(24)12-27-15-4-1-13(11-23)2-5-15/h1-6,9,16,23H,7-8,10-12H2. The molecule has 2 aromatic rings. The van der Waals surface area contributed by atoms with Crippen LogP contribution in [0.4, 0.5) is 8.78 Å². The predicted octanol–water partition coefficient (Wildman–Crippen LogP) is 1.91. The number of nitrogens with zero attached hydrogens (tertiary/aromatic N) is 1. The van der Waals surface area contributed by atoms with E-state index in [1.807, 2.05) is 0 Å². The zero-order valence-corrected chi connectivity index (χ0v) is 15.7. The monoisotopic (exact) mass is 411 g/mol. The van der Waals surface area contributed by atoms with Crippen LogP contribution in [0.1, 0.15) is 12.0 Å². The summed E-state index contributed by atoms with van der Waals surface area (Å²) in [4.78, 5) is 13.1. The topological polar surface area (TPSA) is 83.9 Å². The van der Waals surface area contributed by atoms with Gasteiger partial charge < -0.3 is 14.7 Å². The van der Waals surface area contributed by atoms with Crippen molar-refractivity contribution in [3.8, 4) is 5.75 Å². The maximum Gasteiger partial charge on any atom is 0.260 e. The minimum absolute atomic E-state index is 0.0786. The summed E-state index contributed by atoms with van der Waals surface area (Å²) in [6.07, 6.45) is 0.163. The molecule has 28 heavy (non-hydrogen) atoms. The summed E-state index contributed by atoms with van der Waals surface area (Å²) < 4.78 is 57.6. The average Bonchev–Trinajstić information content (AvgIpc) is 3.17. The van der Waals surface area contributed by atoms with Crippen LogP contribution >= 0.6 is 0 Å².